The smallest absolute Gasteiger partial charge is 0.234 e. The molecule has 2 amide bonds. The molecule has 17 heavy (non-hydrogen) atoms. The van der Waals surface area contributed by atoms with Crippen LogP contribution in [0.5, 0.6) is 0 Å². The van der Waals surface area contributed by atoms with Gasteiger partial charge in [0.05, 0.1) is 30.6 Å². The van der Waals surface area contributed by atoms with Crippen molar-refractivity contribution in [3.05, 3.63) is 0 Å². The molecule has 2 fully saturated rings. The number of piperidine rings is 1. The Kier molecular flexibility index (Phi) is 2.60. The van der Waals surface area contributed by atoms with Crippen LogP contribution in [0.25, 0.3) is 0 Å². The number of carbonyl (C=O) groups is 2. The molecule has 1 heterocycles. The second-order valence-corrected chi connectivity index (χ2v) is 5.68. The van der Waals surface area contributed by atoms with E-state index < -0.39 is 18.8 Å². The Morgan fingerprint density at radius 1 is 1.18 bits per heavy atom. The van der Waals surface area contributed by atoms with E-state index in [0.29, 0.717) is 6.42 Å². The molecule has 1 saturated carbocycles. The minimum Gasteiger partial charge on any atom is -0.394 e. The molecular weight excluding hydrogens is 222 g/mol. The Hall–Kier alpha value is -0.940. The number of amides is 2. The zero-order valence-corrected chi connectivity index (χ0v) is 10.4. The molecule has 0 aromatic rings. The van der Waals surface area contributed by atoms with Crippen LogP contribution in [0.15, 0.2) is 0 Å². The maximum atomic E-state index is 12.2. The molecule has 2 aliphatic rings. The number of rotatable bonds is 4. The summed E-state index contributed by atoms with van der Waals surface area (Å²) in [5, 5.41) is 18.8. The summed E-state index contributed by atoms with van der Waals surface area (Å²) in [7, 11) is 0. The van der Waals surface area contributed by atoms with Gasteiger partial charge in [-0.2, -0.15) is 0 Å². The van der Waals surface area contributed by atoms with Crippen LogP contribution in [0.4, 0.5) is 0 Å². The first kappa shape index (κ1) is 12.5. The molecule has 0 bridgehead atoms. The van der Waals surface area contributed by atoms with E-state index in [2.05, 4.69) is 0 Å². The van der Waals surface area contributed by atoms with Crippen molar-refractivity contribution < 1.29 is 19.8 Å². The molecule has 0 spiro atoms. The SMILES string of the molecule is CCC(CO)(CO)N1C(=O)C2C(C1=O)C2(C)C. The normalized spacial score (nSPS) is 30.8. The Morgan fingerprint density at radius 2 is 1.59 bits per heavy atom. The zero-order chi connectivity index (χ0) is 13.0. The predicted octanol–water partition coefficient (Wildman–Crippen LogP) is -0.239. The van der Waals surface area contributed by atoms with Gasteiger partial charge in [-0.25, -0.2) is 0 Å². The second-order valence-electron chi connectivity index (χ2n) is 5.68. The number of imide groups is 1. The number of likely N-dealkylation sites (tertiary alicyclic amines) is 1. The van der Waals surface area contributed by atoms with Crippen molar-refractivity contribution in [1.82, 2.24) is 4.90 Å². The largest absolute Gasteiger partial charge is 0.394 e. The van der Waals surface area contributed by atoms with Crippen molar-refractivity contribution >= 4 is 11.8 Å². The van der Waals surface area contributed by atoms with Gasteiger partial charge in [-0.05, 0) is 11.8 Å². The number of fused-ring (bicyclic) bond motifs is 1. The molecule has 0 aromatic heterocycles. The molecule has 96 valence electrons. The van der Waals surface area contributed by atoms with Crippen molar-refractivity contribution in [3.8, 4) is 0 Å². The maximum absolute atomic E-state index is 12.2. The topological polar surface area (TPSA) is 77.8 Å². The van der Waals surface area contributed by atoms with E-state index in [0.717, 1.165) is 4.90 Å². The number of carbonyl (C=O) groups excluding carboxylic acids is 2. The lowest BCUT2D eigenvalue weighted by Gasteiger charge is -2.38. The molecule has 2 rings (SSSR count). The average molecular weight is 241 g/mol. The molecule has 2 N–H and O–H groups in total. The minimum absolute atomic E-state index is 0.241. The van der Waals surface area contributed by atoms with Crippen LogP contribution in [-0.4, -0.2) is 45.7 Å². The number of nitrogens with zero attached hydrogens (tertiary/aromatic N) is 1. The molecule has 1 saturated heterocycles. The molecule has 5 heteroatoms. The first-order valence-corrected chi connectivity index (χ1v) is 5.97. The van der Waals surface area contributed by atoms with Gasteiger partial charge in [0.15, 0.2) is 0 Å². The highest BCUT2D eigenvalue weighted by atomic mass is 16.3. The number of aliphatic hydroxyl groups excluding tert-OH is 2. The molecule has 0 aromatic carbocycles. The second kappa shape index (κ2) is 3.53. The summed E-state index contributed by atoms with van der Waals surface area (Å²) in [5.41, 5.74) is -1.38. The van der Waals surface area contributed by atoms with Gasteiger partial charge in [0, 0.05) is 0 Å². The lowest BCUT2D eigenvalue weighted by Crippen LogP contribution is -2.58. The van der Waals surface area contributed by atoms with Gasteiger partial charge in [0.2, 0.25) is 11.8 Å². The van der Waals surface area contributed by atoms with Crippen LogP contribution in [0.2, 0.25) is 0 Å². The van der Waals surface area contributed by atoms with Gasteiger partial charge in [0.1, 0.15) is 0 Å². The first-order chi connectivity index (χ1) is 7.87. The molecule has 2 atom stereocenters. The minimum atomic E-state index is -1.13. The van der Waals surface area contributed by atoms with Gasteiger partial charge in [-0.15, -0.1) is 0 Å². The van der Waals surface area contributed by atoms with E-state index in [-0.39, 0.29) is 29.1 Å². The van der Waals surface area contributed by atoms with Crippen molar-refractivity contribution in [2.24, 2.45) is 17.3 Å². The Bertz CT molecular complexity index is 340. The molecule has 0 radical (unpaired) electrons. The summed E-state index contributed by atoms with van der Waals surface area (Å²) in [5.74, 6) is -1.01. The average Bonchev–Trinajstić information content (AvgIpc) is 2.75. The fourth-order valence-electron chi connectivity index (χ4n) is 2.99. The van der Waals surface area contributed by atoms with Gasteiger partial charge in [-0.1, -0.05) is 20.8 Å². The van der Waals surface area contributed by atoms with E-state index in [1.807, 2.05) is 13.8 Å². The van der Waals surface area contributed by atoms with E-state index in [9.17, 15) is 19.8 Å². The molecule has 2 unspecified atom stereocenters. The standard InChI is InChI=1S/C12H19NO4/c1-4-12(5-14,6-15)13-9(16)7-8(10(13)17)11(7,2)3/h7-8,14-15H,4-6H2,1-3H3. The van der Waals surface area contributed by atoms with Crippen LogP contribution in [0.1, 0.15) is 27.2 Å². The lowest BCUT2D eigenvalue weighted by atomic mass is 9.93. The summed E-state index contributed by atoms with van der Waals surface area (Å²) in [4.78, 5) is 25.5. The first-order valence-electron chi connectivity index (χ1n) is 5.97. The van der Waals surface area contributed by atoms with Gasteiger partial charge in [-0.3, -0.25) is 14.5 Å². The Balaban J connectivity index is 2.32. The van der Waals surface area contributed by atoms with Crippen molar-refractivity contribution in [1.29, 1.82) is 0 Å². The van der Waals surface area contributed by atoms with Gasteiger partial charge in [0.25, 0.3) is 0 Å². The summed E-state index contributed by atoms with van der Waals surface area (Å²) in [6.07, 6.45) is 0.358. The van der Waals surface area contributed by atoms with Crippen molar-refractivity contribution in [2.45, 2.75) is 32.7 Å². The third-order valence-corrected chi connectivity index (χ3v) is 4.52. The quantitative estimate of drug-likeness (QED) is 0.666. The third kappa shape index (κ3) is 1.32. The Labute approximate surface area is 100 Å². The molecule has 1 aliphatic carbocycles. The van der Waals surface area contributed by atoms with E-state index in [4.69, 9.17) is 0 Å². The highest BCUT2D eigenvalue weighted by Gasteiger charge is 2.74. The van der Waals surface area contributed by atoms with Crippen LogP contribution in [0.3, 0.4) is 0 Å². The fourth-order valence-corrected chi connectivity index (χ4v) is 2.99. The zero-order valence-electron chi connectivity index (χ0n) is 10.4. The fraction of sp³-hybridized carbons (Fsp3) is 0.833. The highest BCUT2D eigenvalue weighted by molar-refractivity contribution is 6.11. The van der Waals surface area contributed by atoms with Crippen LogP contribution in [-0.2, 0) is 9.59 Å². The van der Waals surface area contributed by atoms with Crippen LogP contribution >= 0.6 is 0 Å². The van der Waals surface area contributed by atoms with Crippen LogP contribution in [0, 0.1) is 17.3 Å². The summed E-state index contributed by atoms with van der Waals surface area (Å²) in [6.45, 7) is 4.78. The predicted molar refractivity (Wildman–Crippen MR) is 59.8 cm³/mol. The Morgan fingerprint density at radius 3 is 1.88 bits per heavy atom. The molecular formula is C12H19NO4. The third-order valence-electron chi connectivity index (χ3n) is 4.52. The number of aliphatic hydroxyl groups is 2. The van der Waals surface area contributed by atoms with E-state index >= 15 is 0 Å². The number of hydrogen-bond donors (Lipinski definition) is 2. The van der Waals surface area contributed by atoms with Gasteiger partial charge < -0.3 is 10.2 Å². The lowest BCUT2D eigenvalue weighted by molar-refractivity contribution is -0.155. The van der Waals surface area contributed by atoms with E-state index in [1.165, 1.54) is 0 Å². The van der Waals surface area contributed by atoms with Crippen molar-refractivity contribution in [2.75, 3.05) is 13.2 Å². The summed E-state index contributed by atoms with van der Waals surface area (Å²) < 4.78 is 0. The van der Waals surface area contributed by atoms with Crippen LogP contribution < -0.4 is 0 Å². The van der Waals surface area contributed by atoms with Gasteiger partial charge >= 0.3 is 0 Å². The maximum Gasteiger partial charge on any atom is 0.234 e. The monoisotopic (exact) mass is 241 g/mol. The number of hydrogen-bond acceptors (Lipinski definition) is 4. The highest BCUT2D eigenvalue weighted by Crippen LogP contribution is 2.64. The molecule has 5 nitrogen and oxygen atoms in total. The van der Waals surface area contributed by atoms with Crippen molar-refractivity contribution in [3.63, 3.8) is 0 Å². The summed E-state index contributed by atoms with van der Waals surface area (Å²) in [6, 6.07) is 0. The summed E-state index contributed by atoms with van der Waals surface area (Å²) >= 11 is 0. The van der Waals surface area contributed by atoms with E-state index in [1.54, 1.807) is 6.92 Å². The molecule has 1 aliphatic heterocycles.